The van der Waals surface area contributed by atoms with E-state index in [-0.39, 0.29) is 5.41 Å². The second-order valence-electron chi connectivity index (χ2n) is 4.94. The number of allylic oxidation sites excluding steroid dienone is 2. The number of nitrogens with zero attached hydrogens (tertiary/aromatic N) is 1. The molecule has 0 spiro atoms. The molecule has 0 N–H and O–H groups in total. The van der Waals surface area contributed by atoms with Crippen LogP contribution in [-0.4, -0.2) is 12.2 Å². The Kier molecular flexibility index (Phi) is 4.63. The van der Waals surface area contributed by atoms with Crippen LogP contribution in [0.5, 0.6) is 0 Å². The highest BCUT2D eigenvalue weighted by Crippen LogP contribution is 2.32. The molecule has 0 aliphatic heterocycles. The van der Waals surface area contributed by atoms with Crippen molar-refractivity contribution in [2.75, 3.05) is 7.18 Å². The molecule has 2 rings (SSSR count). The Labute approximate surface area is 107 Å². The summed E-state index contributed by atoms with van der Waals surface area (Å²) in [6.45, 7) is 8.80. The van der Waals surface area contributed by atoms with E-state index >= 15 is 0 Å². The fourth-order valence-electron chi connectivity index (χ4n) is 1.49. The number of hydrogen-bond acceptors (Lipinski definition) is 2. The van der Waals surface area contributed by atoms with Gasteiger partial charge in [0.05, 0.1) is 22.8 Å². The summed E-state index contributed by atoms with van der Waals surface area (Å²) in [5.41, 5.74) is 1.28. The van der Waals surface area contributed by atoms with Gasteiger partial charge in [-0.05, 0) is 12.2 Å². The summed E-state index contributed by atoms with van der Waals surface area (Å²) in [5, 5.41) is 1.23. The van der Waals surface area contributed by atoms with E-state index in [0.717, 1.165) is 5.69 Å². The highest BCUT2D eigenvalue weighted by atomic mass is 32.1. The van der Waals surface area contributed by atoms with Crippen molar-refractivity contribution in [3.63, 3.8) is 0 Å². The van der Waals surface area contributed by atoms with E-state index in [1.54, 1.807) is 0 Å². The Morgan fingerprint density at radius 3 is 2.35 bits per heavy atom. The van der Waals surface area contributed by atoms with Crippen molar-refractivity contribution in [3.05, 3.63) is 27.7 Å². The quantitative estimate of drug-likeness (QED) is 0.692. The Hall–Kier alpha value is -0.960. The number of alkyl halides is 1. The predicted molar refractivity (Wildman–Crippen MR) is 75.1 cm³/mol. The van der Waals surface area contributed by atoms with Crippen LogP contribution in [0.3, 0.4) is 0 Å². The number of thiazole rings is 1. The second-order valence-corrected chi connectivity index (χ2v) is 6.01. The highest BCUT2D eigenvalue weighted by molar-refractivity contribution is 7.12. The number of fused-ring (bicyclic) bond motifs is 1. The van der Waals surface area contributed by atoms with Gasteiger partial charge in [0.2, 0.25) is 0 Å². The topological polar surface area (TPSA) is 12.9 Å². The summed E-state index contributed by atoms with van der Waals surface area (Å²) < 4.78 is 9.50. The van der Waals surface area contributed by atoms with E-state index in [1.165, 1.54) is 9.88 Å². The zero-order valence-electron chi connectivity index (χ0n) is 11.1. The first-order valence-electron chi connectivity index (χ1n) is 5.75. The molecule has 0 fully saturated rings. The van der Waals surface area contributed by atoms with Gasteiger partial charge in [-0.25, -0.2) is 4.98 Å². The summed E-state index contributed by atoms with van der Waals surface area (Å²) >= 11 is 1.81. The van der Waals surface area contributed by atoms with Crippen LogP contribution in [0.15, 0.2) is 12.2 Å². The molecule has 1 aliphatic carbocycles. The first-order valence-corrected chi connectivity index (χ1v) is 6.56. The first-order chi connectivity index (χ1) is 7.98. The van der Waals surface area contributed by atoms with Gasteiger partial charge in [0.1, 0.15) is 0 Å². The molecule has 94 valence electrons. The minimum absolute atomic E-state index is 0.151. The van der Waals surface area contributed by atoms with E-state index < -0.39 is 0 Å². The first kappa shape index (κ1) is 14.1. The Morgan fingerprint density at radius 2 is 1.76 bits per heavy atom. The van der Waals surface area contributed by atoms with Crippen LogP contribution < -0.4 is 0 Å². The predicted octanol–water partition coefficient (Wildman–Crippen LogP) is 4.92. The summed E-state index contributed by atoms with van der Waals surface area (Å²) in [5.74, 6) is 0.525. The number of hydrogen-bond donors (Lipinski definition) is 0. The molecule has 0 amide bonds. The van der Waals surface area contributed by atoms with Crippen LogP contribution in [0.1, 0.15) is 49.2 Å². The average Bonchev–Trinajstić information content (AvgIpc) is 2.65. The maximum atomic E-state index is 9.50. The molecule has 0 saturated heterocycles. The molecule has 0 bridgehead atoms. The van der Waals surface area contributed by atoms with Crippen LogP contribution in [0.4, 0.5) is 4.39 Å². The number of rotatable bonds is 1. The standard InChI is InChI=1S/C13H17NS.CH3F/c1-9(2)12-14-10-5-7-13(3,4)8-6-11(10)15-12;1-2/h5-9H,1-4H3;1H3. The second kappa shape index (κ2) is 5.58. The molecule has 1 heterocycles. The van der Waals surface area contributed by atoms with Crippen molar-refractivity contribution < 1.29 is 4.39 Å². The normalized spacial score (nSPS) is 16.2. The van der Waals surface area contributed by atoms with Gasteiger partial charge in [-0.15, -0.1) is 11.3 Å². The fraction of sp³-hybridized carbons (Fsp3) is 0.500. The number of aromatic nitrogens is 1. The molecule has 1 nitrogen and oxygen atoms in total. The Bertz CT molecular complexity index is 394. The molecule has 0 saturated carbocycles. The van der Waals surface area contributed by atoms with E-state index in [0.29, 0.717) is 13.1 Å². The molecular weight excluding hydrogens is 233 g/mol. The van der Waals surface area contributed by atoms with Gasteiger partial charge in [-0.3, -0.25) is 4.39 Å². The van der Waals surface area contributed by atoms with Gasteiger partial charge in [0, 0.05) is 11.3 Å². The lowest BCUT2D eigenvalue weighted by molar-refractivity contribution is 0.633. The van der Waals surface area contributed by atoms with Crippen molar-refractivity contribution in [2.45, 2.75) is 33.6 Å². The lowest BCUT2D eigenvalue weighted by Crippen LogP contribution is -2.00. The van der Waals surface area contributed by atoms with Gasteiger partial charge in [0.25, 0.3) is 0 Å². The van der Waals surface area contributed by atoms with Crippen LogP contribution in [0.25, 0.3) is 12.2 Å². The third-order valence-electron chi connectivity index (χ3n) is 2.53. The lowest BCUT2D eigenvalue weighted by Gasteiger charge is -2.12. The summed E-state index contributed by atoms with van der Waals surface area (Å²) in [6, 6.07) is 0. The van der Waals surface area contributed by atoms with E-state index in [4.69, 9.17) is 0 Å². The molecule has 0 unspecified atom stereocenters. The minimum Gasteiger partial charge on any atom is -0.255 e. The van der Waals surface area contributed by atoms with Crippen LogP contribution in [0, 0.1) is 5.41 Å². The lowest BCUT2D eigenvalue weighted by atomic mass is 9.93. The zero-order chi connectivity index (χ0) is 13.1. The van der Waals surface area contributed by atoms with Crippen molar-refractivity contribution in [1.82, 2.24) is 4.98 Å². The van der Waals surface area contributed by atoms with E-state index in [9.17, 15) is 4.39 Å². The molecule has 1 aromatic heterocycles. The van der Waals surface area contributed by atoms with Crippen LogP contribution in [0.2, 0.25) is 0 Å². The molecule has 1 aliphatic rings. The summed E-state index contributed by atoms with van der Waals surface area (Å²) in [6.07, 6.45) is 8.83. The van der Waals surface area contributed by atoms with Gasteiger partial charge < -0.3 is 0 Å². The highest BCUT2D eigenvalue weighted by Gasteiger charge is 2.16. The molecule has 3 heteroatoms. The smallest absolute Gasteiger partial charge is 0.0963 e. The fourth-order valence-corrected chi connectivity index (χ4v) is 2.45. The SMILES string of the molecule is CC(C)c1nc2c(s1)C=CC(C)(C)C=C2.CF. The van der Waals surface area contributed by atoms with Crippen LogP contribution >= 0.6 is 11.3 Å². The third kappa shape index (κ3) is 3.50. The van der Waals surface area contributed by atoms with Gasteiger partial charge in [0.15, 0.2) is 0 Å². The average molecular weight is 253 g/mol. The molecule has 0 atom stereocenters. The molecule has 1 aromatic rings. The largest absolute Gasteiger partial charge is 0.255 e. The number of halogens is 1. The van der Waals surface area contributed by atoms with Crippen molar-refractivity contribution in [3.8, 4) is 0 Å². The van der Waals surface area contributed by atoms with Crippen LogP contribution in [-0.2, 0) is 0 Å². The maximum absolute atomic E-state index is 9.50. The monoisotopic (exact) mass is 253 g/mol. The van der Waals surface area contributed by atoms with E-state index in [2.05, 4.69) is 57.0 Å². The minimum atomic E-state index is 0.151. The van der Waals surface area contributed by atoms with Crippen molar-refractivity contribution in [1.29, 1.82) is 0 Å². The summed E-state index contributed by atoms with van der Waals surface area (Å²) in [4.78, 5) is 5.95. The van der Waals surface area contributed by atoms with Gasteiger partial charge in [-0.1, -0.05) is 39.8 Å². The molecule has 0 aromatic carbocycles. The molecular formula is C14H20FNS. The van der Waals surface area contributed by atoms with Crippen molar-refractivity contribution >= 4 is 23.5 Å². The Morgan fingerprint density at radius 1 is 1.18 bits per heavy atom. The maximum Gasteiger partial charge on any atom is 0.0963 e. The summed E-state index contributed by atoms with van der Waals surface area (Å²) in [7, 11) is 0.500. The molecule has 17 heavy (non-hydrogen) atoms. The van der Waals surface area contributed by atoms with Crippen molar-refractivity contribution in [2.24, 2.45) is 5.41 Å². The Balaban J connectivity index is 0.000000686. The van der Waals surface area contributed by atoms with Gasteiger partial charge >= 0.3 is 0 Å². The molecule has 0 radical (unpaired) electrons. The van der Waals surface area contributed by atoms with Gasteiger partial charge in [-0.2, -0.15) is 0 Å². The zero-order valence-corrected chi connectivity index (χ0v) is 11.9. The third-order valence-corrected chi connectivity index (χ3v) is 3.86. The van der Waals surface area contributed by atoms with E-state index in [1.807, 2.05) is 11.3 Å².